The first kappa shape index (κ1) is 61.1. The second-order valence-electron chi connectivity index (χ2n) is 13.1. The Morgan fingerprint density at radius 2 is 0.647 bits per heavy atom. The standard InChI is InChI=1S/C17H24O8.C15H20O7.C7H14O5.C5H10O4/c18-17(19)14-1-2-15-16(13-14)25-12-10-23-8-6-21-4-3-20-5-7-22-9-11-24-15;16-15(17)12-1-2-13-14(11-12)22-10-8-20-6-4-18-3-5-19-7-9-21-13;1-10-2-3-11-4-5-12-6-7(8)9;1-8-2-3-9-4-5(6)7/h1-2,13H,3-12H2,(H,18,19);1-2,11H,3-10H2,(H,16,17);2-6H2,1H3,(H,8,9);2-4H2,1H3,(H,6,7). The first-order valence-corrected chi connectivity index (χ1v) is 21.5. The number of fused-ring (bicyclic) bond motifs is 2. The monoisotopic (exact) mass is 980 g/mol. The van der Waals surface area contributed by atoms with E-state index < -0.39 is 23.9 Å². The van der Waals surface area contributed by atoms with Crippen molar-refractivity contribution >= 4 is 23.9 Å². The molecule has 0 radical (unpaired) electrons. The third-order valence-electron chi connectivity index (χ3n) is 7.87. The van der Waals surface area contributed by atoms with Crippen LogP contribution in [0.15, 0.2) is 36.4 Å². The number of carboxylic acid groups (broad SMARTS) is 4. The maximum atomic E-state index is 11.1. The van der Waals surface area contributed by atoms with Gasteiger partial charge in [-0.15, -0.1) is 0 Å². The molecule has 0 unspecified atom stereocenters. The number of hydrogen-bond donors (Lipinski definition) is 4. The molecule has 0 bridgehead atoms. The van der Waals surface area contributed by atoms with Gasteiger partial charge in [0.2, 0.25) is 0 Å². The van der Waals surface area contributed by atoms with E-state index in [1.165, 1.54) is 31.4 Å². The first-order valence-electron chi connectivity index (χ1n) is 21.5. The molecular formula is C44H68O24. The van der Waals surface area contributed by atoms with Gasteiger partial charge in [-0.2, -0.15) is 0 Å². The minimum atomic E-state index is -1.03. The van der Waals surface area contributed by atoms with Crippen LogP contribution in [0.1, 0.15) is 20.7 Å². The summed E-state index contributed by atoms with van der Waals surface area (Å²) in [5, 5.41) is 34.4. The minimum absolute atomic E-state index is 0.132. The molecule has 24 heteroatoms. The number of benzene rings is 2. The highest BCUT2D eigenvalue weighted by Crippen LogP contribution is 2.29. The van der Waals surface area contributed by atoms with Crippen molar-refractivity contribution in [2.24, 2.45) is 0 Å². The Morgan fingerprint density at radius 1 is 0.382 bits per heavy atom. The molecule has 0 spiro atoms. The molecule has 4 rings (SSSR count). The molecule has 0 aromatic heterocycles. The van der Waals surface area contributed by atoms with E-state index in [0.29, 0.717) is 175 Å². The lowest BCUT2D eigenvalue weighted by atomic mass is 10.2. The summed E-state index contributed by atoms with van der Waals surface area (Å²) in [6.07, 6.45) is 0. The lowest BCUT2D eigenvalue weighted by Gasteiger charge is -2.14. The van der Waals surface area contributed by atoms with Gasteiger partial charge in [-0.05, 0) is 36.4 Å². The van der Waals surface area contributed by atoms with Crippen LogP contribution in [-0.4, -0.2) is 230 Å². The summed E-state index contributed by atoms with van der Waals surface area (Å²) < 4.78 is 83.6. The van der Waals surface area contributed by atoms with Crippen molar-refractivity contribution < 1.29 is 115 Å². The second-order valence-corrected chi connectivity index (χ2v) is 13.1. The van der Waals surface area contributed by atoms with Gasteiger partial charge in [-0.25, -0.2) is 19.2 Å². The van der Waals surface area contributed by atoms with Gasteiger partial charge < -0.3 is 96.2 Å². The van der Waals surface area contributed by atoms with Crippen molar-refractivity contribution in [2.45, 2.75) is 0 Å². The van der Waals surface area contributed by atoms with Gasteiger partial charge >= 0.3 is 23.9 Å². The van der Waals surface area contributed by atoms with E-state index in [-0.39, 0.29) is 30.9 Å². The van der Waals surface area contributed by atoms with Crippen LogP contribution in [0, 0.1) is 0 Å². The SMILES string of the molecule is COCCOCC(=O)O.COCCOCCOCC(=O)O.O=C(O)c1ccc2c(c1)OCCOCCOCCOCCO2.O=C(O)c1ccc2c(c1)OCCOCCOCCOCCOCCO2. The summed E-state index contributed by atoms with van der Waals surface area (Å²) in [5.74, 6) is -2.26. The molecule has 0 saturated heterocycles. The zero-order valence-corrected chi connectivity index (χ0v) is 38.8. The summed E-state index contributed by atoms with van der Waals surface area (Å²) in [4.78, 5) is 41.9. The van der Waals surface area contributed by atoms with Crippen LogP contribution in [0.3, 0.4) is 0 Å². The molecule has 4 N–H and O–H groups in total. The van der Waals surface area contributed by atoms with Crippen LogP contribution < -0.4 is 18.9 Å². The van der Waals surface area contributed by atoms with Gasteiger partial charge in [0, 0.05) is 14.2 Å². The van der Waals surface area contributed by atoms with Crippen LogP contribution in [0.2, 0.25) is 0 Å². The molecule has 0 atom stereocenters. The number of carbonyl (C=O) groups is 4. The first-order chi connectivity index (χ1) is 33.1. The number of hydrogen-bond acceptors (Lipinski definition) is 20. The number of methoxy groups -OCH3 is 2. The average Bonchev–Trinajstić information content (AvgIpc) is 3.33. The zero-order chi connectivity index (χ0) is 49.7. The van der Waals surface area contributed by atoms with Crippen LogP contribution in [-0.2, 0) is 66.4 Å². The van der Waals surface area contributed by atoms with Crippen molar-refractivity contribution in [1.29, 1.82) is 0 Å². The number of rotatable bonds is 15. The summed E-state index contributed by atoms with van der Waals surface area (Å²) in [6.45, 7) is 9.69. The van der Waals surface area contributed by atoms with E-state index in [1.54, 1.807) is 19.2 Å². The predicted molar refractivity (Wildman–Crippen MR) is 236 cm³/mol. The Bertz CT molecular complexity index is 1590. The fraction of sp³-hybridized carbons (Fsp3) is 0.636. The minimum Gasteiger partial charge on any atom is -0.487 e. The Morgan fingerprint density at radius 3 is 0.941 bits per heavy atom. The van der Waals surface area contributed by atoms with Gasteiger partial charge in [-0.1, -0.05) is 0 Å². The maximum Gasteiger partial charge on any atom is 0.335 e. The van der Waals surface area contributed by atoms with Gasteiger partial charge in [0.25, 0.3) is 0 Å². The largest absolute Gasteiger partial charge is 0.487 e. The van der Waals surface area contributed by atoms with E-state index in [1.807, 2.05) is 0 Å². The second kappa shape index (κ2) is 43.3. The number of carboxylic acids is 4. The summed E-state index contributed by atoms with van der Waals surface area (Å²) >= 11 is 0. The molecule has 0 amide bonds. The fourth-order valence-corrected chi connectivity index (χ4v) is 4.72. The van der Waals surface area contributed by atoms with E-state index in [0.717, 1.165) is 0 Å². The summed E-state index contributed by atoms with van der Waals surface area (Å²) in [5.41, 5.74) is 0.276. The highest BCUT2D eigenvalue weighted by Gasteiger charge is 2.13. The predicted octanol–water partition coefficient (Wildman–Crippen LogP) is 1.91. The highest BCUT2D eigenvalue weighted by molar-refractivity contribution is 5.89. The van der Waals surface area contributed by atoms with E-state index in [2.05, 4.69) is 9.47 Å². The van der Waals surface area contributed by atoms with Crippen LogP contribution >= 0.6 is 0 Å². The Labute approximate surface area is 395 Å². The molecule has 2 aromatic carbocycles. The van der Waals surface area contributed by atoms with Crippen molar-refractivity contribution in [1.82, 2.24) is 0 Å². The quantitative estimate of drug-likeness (QED) is 0.185. The van der Waals surface area contributed by atoms with E-state index in [9.17, 15) is 19.2 Å². The molecule has 2 heterocycles. The Hall–Kier alpha value is -4.96. The van der Waals surface area contributed by atoms with Crippen molar-refractivity contribution in [2.75, 3.05) is 186 Å². The van der Waals surface area contributed by atoms with Crippen LogP contribution in [0.25, 0.3) is 0 Å². The normalized spacial score (nSPS) is 15.7. The molecule has 0 aliphatic carbocycles. The van der Waals surface area contributed by atoms with Crippen molar-refractivity contribution in [3.63, 3.8) is 0 Å². The lowest BCUT2D eigenvalue weighted by Crippen LogP contribution is -2.16. The molecule has 388 valence electrons. The zero-order valence-electron chi connectivity index (χ0n) is 38.8. The fourth-order valence-electron chi connectivity index (χ4n) is 4.72. The average molecular weight is 981 g/mol. The topological polar surface area (TPSA) is 297 Å². The third-order valence-corrected chi connectivity index (χ3v) is 7.87. The summed E-state index contributed by atoms with van der Waals surface area (Å²) in [6, 6.07) is 8.99. The molecule has 2 aliphatic heterocycles. The molecule has 2 aromatic rings. The molecule has 0 saturated carbocycles. The molecule has 0 fully saturated rings. The van der Waals surface area contributed by atoms with E-state index >= 15 is 0 Å². The highest BCUT2D eigenvalue weighted by atomic mass is 16.6. The molecule has 2 aliphatic rings. The van der Waals surface area contributed by atoms with E-state index in [4.69, 9.17) is 86.7 Å². The molecule has 24 nitrogen and oxygen atoms in total. The number of ether oxygens (including phenoxy) is 16. The van der Waals surface area contributed by atoms with Crippen molar-refractivity contribution in [3.05, 3.63) is 47.5 Å². The maximum absolute atomic E-state index is 11.1. The van der Waals surface area contributed by atoms with Gasteiger partial charge in [-0.3, -0.25) is 0 Å². The van der Waals surface area contributed by atoms with Crippen LogP contribution in [0.5, 0.6) is 23.0 Å². The molecular weight excluding hydrogens is 912 g/mol. The smallest absolute Gasteiger partial charge is 0.335 e. The Kier molecular flexibility index (Phi) is 38.9. The Balaban J connectivity index is 0.000000488. The number of aliphatic carboxylic acids is 2. The van der Waals surface area contributed by atoms with Crippen molar-refractivity contribution in [3.8, 4) is 23.0 Å². The van der Waals surface area contributed by atoms with Crippen LogP contribution in [0.4, 0.5) is 0 Å². The third kappa shape index (κ3) is 35.2. The lowest BCUT2D eigenvalue weighted by molar-refractivity contribution is -0.143. The summed E-state index contributed by atoms with van der Waals surface area (Å²) in [7, 11) is 3.12. The number of aromatic carboxylic acids is 2. The van der Waals surface area contributed by atoms with Gasteiger partial charge in [0.1, 0.15) is 39.6 Å². The van der Waals surface area contributed by atoms with Gasteiger partial charge in [0.05, 0.1) is 143 Å². The van der Waals surface area contributed by atoms with Gasteiger partial charge in [0.15, 0.2) is 23.0 Å². The molecule has 68 heavy (non-hydrogen) atoms.